The Hall–Kier alpha value is -1.36. The van der Waals surface area contributed by atoms with Crippen LogP contribution in [0, 0.1) is 19.3 Å². The maximum Gasteiger partial charge on any atom is 0.247 e. The largest absolute Gasteiger partial charge is 0.311 e. The summed E-state index contributed by atoms with van der Waals surface area (Å²) < 4.78 is 26.9. The number of nitrogens with zero attached hydrogens (tertiary/aromatic N) is 2. The van der Waals surface area contributed by atoms with Gasteiger partial charge in [0.15, 0.2) is 0 Å². The molecule has 1 aromatic heterocycles. The number of hydrogen-bond acceptors (Lipinski definition) is 4. The molecule has 2 N–H and O–H groups in total. The molecule has 1 heterocycles. The molecule has 0 aliphatic heterocycles. The summed E-state index contributed by atoms with van der Waals surface area (Å²) in [4.78, 5) is 0.245. The minimum Gasteiger partial charge on any atom is -0.311 e. The second kappa shape index (κ2) is 8.17. The molecule has 0 unspecified atom stereocenters. The van der Waals surface area contributed by atoms with Gasteiger partial charge in [0.05, 0.1) is 17.9 Å². The maximum atomic E-state index is 12.8. The van der Waals surface area contributed by atoms with E-state index in [2.05, 4.69) is 28.4 Å². The number of H-pyrrole nitrogens is 1. The van der Waals surface area contributed by atoms with E-state index in [4.69, 9.17) is 6.42 Å². The molecular weight excluding hydrogens is 288 g/mol. The molecule has 0 amide bonds. The van der Waals surface area contributed by atoms with Crippen LogP contribution >= 0.6 is 0 Å². The number of sulfonamides is 1. The molecule has 0 saturated heterocycles. The second-order valence-electron chi connectivity index (χ2n) is 4.84. The summed E-state index contributed by atoms with van der Waals surface area (Å²) in [6, 6.07) is 0. The van der Waals surface area contributed by atoms with Gasteiger partial charge in [-0.1, -0.05) is 19.8 Å². The molecule has 7 heteroatoms. The number of nitrogens with one attached hydrogen (secondary N) is 2. The molecule has 0 aliphatic rings. The molecule has 0 aliphatic carbocycles. The third kappa shape index (κ3) is 4.30. The van der Waals surface area contributed by atoms with E-state index in [1.54, 1.807) is 6.92 Å². The molecule has 0 radical (unpaired) electrons. The van der Waals surface area contributed by atoms with Crippen LogP contribution in [0.15, 0.2) is 4.90 Å². The molecule has 0 aromatic carbocycles. The number of aromatic nitrogens is 2. The predicted octanol–water partition coefficient (Wildman–Crippen LogP) is 1.25. The van der Waals surface area contributed by atoms with Crippen LogP contribution in [0.5, 0.6) is 0 Å². The van der Waals surface area contributed by atoms with Crippen molar-refractivity contribution in [3.63, 3.8) is 0 Å². The van der Waals surface area contributed by atoms with E-state index in [0.717, 1.165) is 13.0 Å². The Kier molecular flexibility index (Phi) is 6.89. The highest BCUT2D eigenvalue weighted by atomic mass is 32.2. The Morgan fingerprint density at radius 1 is 1.38 bits per heavy atom. The molecule has 0 spiro atoms. The quantitative estimate of drug-likeness (QED) is 0.531. The molecule has 118 valence electrons. The first kappa shape index (κ1) is 17.7. The van der Waals surface area contributed by atoms with Crippen molar-refractivity contribution >= 4 is 10.0 Å². The van der Waals surface area contributed by atoms with Crippen LogP contribution in [0.25, 0.3) is 0 Å². The summed E-state index contributed by atoms with van der Waals surface area (Å²) in [7, 11) is -3.62. The second-order valence-corrected chi connectivity index (χ2v) is 6.72. The monoisotopic (exact) mass is 312 g/mol. The minimum absolute atomic E-state index is 0.0720. The summed E-state index contributed by atoms with van der Waals surface area (Å²) in [5, 5.41) is 10.0. The third-order valence-corrected chi connectivity index (χ3v) is 5.07. The fraction of sp³-hybridized carbons (Fsp3) is 0.643. The molecule has 0 bridgehead atoms. The highest BCUT2D eigenvalue weighted by molar-refractivity contribution is 7.89. The van der Waals surface area contributed by atoms with Gasteiger partial charge < -0.3 is 5.32 Å². The Bertz CT molecular complexity index is 587. The number of hydrogen-bond donors (Lipinski definition) is 2. The summed E-state index contributed by atoms with van der Waals surface area (Å²) in [5.41, 5.74) is 1.06. The predicted molar refractivity (Wildman–Crippen MR) is 83.2 cm³/mol. The van der Waals surface area contributed by atoms with E-state index >= 15 is 0 Å². The first-order valence-corrected chi connectivity index (χ1v) is 8.61. The molecule has 1 aromatic rings. The Balaban J connectivity index is 3.11. The van der Waals surface area contributed by atoms with Gasteiger partial charge in [0.2, 0.25) is 10.0 Å². The van der Waals surface area contributed by atoms with Crippen molar-refractivity contribution in [2.75, 3.05) is 19.6 Å². The first-order chi connectivity index (χ1) is 9.98. The van der Waals surface area contributed by atoms with Crippen LogP contribution < -0.4 is 5.32 Å². The van der Waals surface area contributed by atoms with Gasteiger partial charge in [0.25, 0.3) is 0 Å². The molecular formula is C14H24N4O2S. The zero-order chi connectivity index (χ0) is 15.9. The standard InChI is InChI=1S/C14H24N4O2S/c1-5-8-15-11-13-14(12(4)16-17-13)21(19,20)18(9-6-2)10-7-3/h2,15H,5,7-11H2,1,3-4H3,(H,16,17). The highest BCUT2D eigenvalue weighted by Gasteiger charge is 2.29. The van der Waals surface area contributed by atoms with Crippen molar-refractivity contribution in [2.24, 2.45) is 0 Å². The molecule has 0 fully saturated rings. The molecule has 1 rings (SSSR count). The van der Waals surface area contributed by atoms with E-state index in [9.17, 15) is 8.42 Å². The van der Waals surface area contributed by atoms with Crippen LogP contribution in [0.4, 0.5) is 0 Å². The van der Waals surface area contributed by atoms with Crippen LogP contribution in [0.2, 0.25) is 0 Å². The van der Waals surface area contributed by atoms with Crippen LogP contribution in [-0.2, 0) is 16.6 Å². The van der Waals surface area contributed by atoms with Gasteiger partial charge >= 0.3 is 0 Å². The van der Waals surface area contributed by atoms with Crippen LogP contribution in [-0.4, -0.2) is 42.6 Å². The van der Waals surface area contributed by atoms with E-state index in [0.29, 0.717) is 30.9 Å². The highest BCUT2D eigenvalue weighted by Crippen LogP contribution is 2.22. The first-order valence-electron chi connectivity index (χ1n) is 7.17. The summed E-state index contributed by atoms with van der Waals surface area (Å²) in [6.07, 6.45) is 6.98. The van der Waals surface area contributed by atoms with Crippen molar-refractivity contribution in [1.29, 1.82) is 0 Å². The Labute approximate surface area is 127 Å². The average molecular weight is 312 g/mol. The average Bonchev–Trinajstić information content (AvgIpc) is 2.80. The fourth-order valence-electron chi connectivity index (χ4n) is 2.08. The van der Waals surface area contributed by atoms with Crippen molar-refractivity contribution in [3.05, 3.63) is 11.4 Å². The van der Waals surface area contributed by atoms with Crippen LogP contribution in [0.1, 0.15) is 38.1 Å². The van der Waals surface area contributed by atoms with Gasteiger partial charge in [-0.3, -0.25) is 5.10 Å². The number of aromatic amines is 1. The van der Waals surface area contributed by atoms with Crippen molar-refractivity contribution in [1.82, 2.24) is 19.8 Å². The van der Waals surface area contributed by atoms with E-state index < -0.39 is 10.0 Å². The van der Waals surface area contributed by atoms with Crippen molar-refractivity contribution in [2.45, 2.75) is 45.1 Å². The number of terminal acetylenes is 1. The van der Waals surface area contributed by atoms with Crippen molar-refractivity contribution < 1.29 is 8.42 Å². The summed E-state index contributed by atoms with van der Waals surface area (Å²) in [5.74, 6) is 2.41. The maximum absolute atomic E-state index is 12.8. The number of rotatable bonds is 9. The van der Waals surface area contributed by atoms with Gasteiger partial charge in [0, 0.05) is 13.1 Å². The zero-order valence-electron chi connectivity index (χ0n) is 12.9. The lowest BCUT2D eigenvalue weighted by molar-refractivity contribution is 0.444. The summed E-state index contributed by atoms with van der Waals surface area (Å²) >= 11 is 0. The minimum atomic E-state index is -3.62. The SMILES string of the molecule is C#CCN(CCC)S(=O)(=O)c1c(CNCCC)n[nH]c1C. The van der Waals surface area contributed by atoms with E-state index in [-0.39, 0.29) is 11.4 Å². The lowest BCUT2D eigenvalue weighted by Gasteiger charge is -2.19. The van der Waals surface area contributed by atoms with Crippen LogP contribution in [0.3, 0.4) is 0 Å². The Morgan fingerprint density at radius 3 is 2.67 bits per heavy atom. The van der Waals surface area contributed by atoms with E-state index in [1.807, 2.05) is 6.92 Å². The Morgan fingerprint density at radius 2 is 2.10 bits per heavy atom. The van der Waals surface area contributed by atoms with E-state index in [1.165, 1.54) is 4.31 Å². The van der Waals surface area contributed by atoms with Gasteiger partial charge in [-0.05, 0) is 26.3 Å². The topological polar surface area (TPSA) is 78.1 Å². The smallest absolute Gasteiger partial charge is 0.247 e. The van der Waals surface area contributed by atoms with Gasteiger partial charge in [0.1, 0.15) is 4.90 Å². The molecule has 6 nitrogen and oxygen atoms in total. The lowest BCUT2D eigenvalue weighted by atomic mass is 10.3. The lowest BCUT2D eigenvalue weighted by Crippen LogP contribution is -2.33. The normalized spacial score (nSPS) is 11.8. The van der Waals surface area contributed by atoms with Gasteiger partial charge in [-0.25, -0.2) is 8.42 Å². The number of aryl methyl sites for hydroxylation is 1. The zero-order valence-corrected chi connectivity index (χ0v) is 13.8. The fourth-order valence-corrected chi connectivity index (χ4v) is 3.85. The molecule has 21 heavy (non-hydrogen) atoms. The van der Waals surface area contributed by atoms with Crippen molar-refractivity contribution in [3.8, 4) is 12.3 Å². The third-order valence-electron chi connectivity index (χ3n) is 3.02. The molecule has 0 saturated carbocycles. The summed E-state index contributed by atoms with van der Waals surface area (Å²) in [6.45, 7) is 7.39. The molecule has 0 atom stereocenters. The van der Waals surface area contributed by atoms with Gasteiger partial charge in [-0.15, -0.1) is 6.42 Å². The van der Waals surface area contributed by atoms with Gasteiger partial charge in [-0.2, -0.15) is 9.40 Å².